The monoisotopic (exact) mass is 398 g/mol. The summed E-state index contributed by atoms with van der Waals surface area (Å²) in [5, 5.41) is 3.61. The average Bonchev–Trinajstić information content (AvgIpc) is 2.74. The quantitative estimate of drug-likeness (QED) is 0.574. The summed E-state index contributed by atoms with van der Waals surface area (Å²) in [4.78, 5) is 2.47. The summed E-state index contributed by atoms with van der Waals surface area (Å²) in [6.07, 6.45) is 0.624. The van der Waals surface area contributed by atoms with Crippen LogP contribution in [0, 0.1) is 0 Å². The van der Waals surface area contributed by atoms with Crippen molar-refractivity contribution in [1.82, 2.24) is 5.32 Å². The van der Waals surface area contributed by atoms with Crippen LogP contribution in [-0.4, -0.2) is 44.7 Å². The van der Waals surface area contributed by atoms with Gasteiger partial charge in [0.05, 0.1) is 11.7 Å². The Balaban J connectivity index is 1.70. The lowest BCUT2D eigenvalue weighted by Crippen LogP contribution is -2.53. The van der Waals surface area contributed by atoms with E-state index in [9.17, 15) is 0 Å². The number of ether oxygens (including phenoxy) is 3. The second-order valence-electron chi connectivity index (χ2n) is 7.38. The van der Waals surface area contributed by atoms with Crippen molar-refractivity contribution in [3.05, 3.63) is 60.2 Å². The molecule has 3 rings (SSSR count). The zero-order chi connectivity index (χ0) is 20.5. The molecule has 2 atom stereocenters. The minimum atomic E-state index is -0.187. The van der Waals surface area contributed by atoms with Crippen molar-refractivity contribution < 1.29 is 14.2 Å². The maximum Gasteiger partial charge on any atom is 0.159 e. The third-order valence-electron chi connectivity index (χ3n) is 5.23. The van der Waals surface area contributed by atoms with Crippen LogP contribution in [0.2, 0.25) is 0 Å². The summed E-state index contributed by atoms with van der Waals surface area (Å²) >= 11 is 0. The summed E-state index contributed by atoms with van der Waals surface area (Å²) in [7, 11) is 0. The highest BCUT2D eigenvalue weighted by Crippen LogP contribution is 2.35. The number of para-hydroxylation sites is 2. The first-order valence-electron chi connectivity index (χ1n) is 10.7. The Labute approximate surface area is 175 Å². The van der Waals surface area contributed by atoms with Gasteiger partial charge in [0.2, 0.25) is 0 Å². The molecule has 0 saturated heterocycles. The van der Waals surface area contributed by atoms with Crippen LogP contribution in [0.15, 0.2) is 54.6 Å². The molecule has 5 heteroatoms. The average molecular weight is 399 g/mol. The van der Waals surface area contributed by atoms with Crippen LogP contribution in [0.5, 0.6) is 5.75 Å². The lowest BCUT2D eigenvalue weighted by Gasteiger charge is -2.43. The van der Waals surface area contributed by atoms with E-state index in [1.807, 2.05) is 32.0 Å². The molecule has 158 valence electrons. The van der Waals surface area contributed by atoms with Crippen LogP contribution < -0.4 is 15.0 Å². The number of hydrogen-bond donors (Lipinski definition) is 1. The van der Waals surface area contributed by atoms with Crippen LogP contribution in [0.3, 0.4) is 0 Å². The Morgan fingerprint density at radius 3 is 2.45 bits per heavy atom. The van der Waals surface area contributed by atoms with Crippen molar-refractivity contribution in [2.75, 3.05) is 31.3 Å². The topological polar surface area (TPSA) is 43.0 Å². The van der Waals surface area contributed by atoms with Crippen LogP contribution in [0.1, 0.15) is 32.8 Å². The van der Waals surface area contributed by atoms with E-state index in [-0.39, 0.29) is 18.4 Å². The van der Waals surface area contributed by atoms with Crippen molar-refractivity contribution in [2.45, 2.75) is 52.1 Å². The van der Waals surface area contributed by atoms with Crippen LogP contribution in [-0.2, 0) is 16.0 Å². The first kappa shape index (κ1) is 21.6. The predicted octanol–water partition coefficient (Wildman–Crippen LogP) is 4.22. The van der Waals surface area contributed by atoms with E-state index < -0.39 is 0 Å². The molecule has 0 spiro atoms. The Kier molecular flexibility index (Phi) is 8.35. The minimum absolute atomic E-state index is 0.187. The van der Waals surface area contributed by atoms with E-state index >= 15 is 0 Å². The normalized spacial score (nSPS) is 17.1. The third-order valence-corrected chi connectivity index (χ3v) is 5.23. The molecule has 1 aliphatic rings. The second kappa shape index (κ2) is 11.2. The van der Waals surface area contributed by atoms with Gasteiger partial charge in [-0.15, -0.1) is 0 Å². The number of anilines is 1. The zero-order valence-corrected chi connectivity index (χ0v) is 17.8. The molecular formula is C24H34N2O3. The Bertz CT molecular complexity index is 719. The van der Waals surface area contributed by atoms with E-state index in [4.69, 9.17) is 14.2 Å². The van der Waals surface area contributed by atoms with E-state index in [0.29, 0.717) is 19.8 Å². The SMILES string of the molecule is CCOC(CC(C)N1c2ccccc2OCC1CNCc1ccccc1)OCC. The number of rotatable bonds is 11. The standard InChI is InChI=1S/C24H34N2O3/c1-4-27-24(28-5-2)15-19(3)26-21(17-25-16-20-11-7-6-8-12-20)18-29-23-14-10-9-13-22(23)26/h6-14,19,21,24-25H,4-5,15-18H2,1-3H3. The molecule has 5 nitrogen and oxygen atoms in total. The fourth-order valence-electron chi connectivity index (χ4n) is 3.94. The molecule has 0 aliphatic carbocycles. The molecule has 2 unspecified atom stereocenters. The van der Waals surface area contributed by atoms with E-state index in [2.05, 4.69) is 53.5 Å². The lowest BCUT2D eigenvalue weighted by atomic mass is 10.1. The molecule has 1 aliphatic heterocycles. The molecule has 0 bridgehead atoms. The third kappa shape index (κ3) is 5.95. The molecule has 1 heterocycles. The molecule has 29 heavy (non-hydrogen) atoms. The predicted molar refractivity (Wildman–Crippen MR) is 117 cm³/mol. The fraction of sp³-hybridized carbons (Fsp3) is 0.500. The first-order valence-corrected chi connectivity index (χ1v) is 10.7. The van der Waals surface area contributed by atoms with Crippen molar-refractivity contribution in [3.8, 4) is 5.75 Å². The highest BCUT2D eigenvalue weighted by Gasteiger charge is 2.32. The maximum atomic E-state index is 6.08. The number of fused-ring (bicyclic) bond motifs is 1. The van der Waals surface area contributed by atoms with Crippen LogP contribution >= 0.6 is 0 Å². The minimum Gasteiger partial charge on any atom is -0.489 e. The van der Waals surface area contributed by atoms with Gasteiger partial charge in [-0.1, -0.05) is 42.5 Å². The van der Waals surface area contributed by atoms with Gasteiger partial charge in [0, 0.05) is 38.8 Å². The highest BCUT2D eigenvalue weighted by molar-refractivity contribution is 5.61. The number of benzene rings is 2. The molecule has 0 amide bonds. The van der Waals surface area contributed by atoms with E-state index in [0.717, 1.165) is 30.9 Å². The Hall–Kier alpha value is -2.08. The van der Waals surface area contributed by atoms with Crippen LogP contribution in [0.4, 0.5) is 5.69 Å². The Morgan fingerprint density at radius 1 is 1.03 bits per heavy atom. The van der Waals surface area contributed by atoms with Gasteiger partial charge in [0.1, 0.15) is 12.4 Å². The number of nitrogens with one attached hydrogen (secondary N) is 1. The Morgan fingerprint density at radius 2 is 1.72 bits per heavy atom. The summed E-state index contributed by atoms with van der Waals surface area (Å²) in [5.74, 6) is 0.947. The van der Waals surface area contributed by atoms with Crippen molar-refractivity contribution in [1.29, 1.82) is 0 Å². The molecule has 0 fully saturated rings. The van der Waals surface area contributed by atoms with Crippen LogP contribution in [0.25, 0.3) is 0 Å². The van der Waals surface area contributed by atoms with Crippen molar-refractivity contribution in [2.24, 2.45) is 0 Å². The zero-order valence-electron chi connectivity index (χ0n) is 17.8. The van der Waals surface area contributed by atoms with Gasteiger partial charge in [-0.05, 0) is 38.5 Å². The van der Waals surface area contributed by atoms with E-state index in [1.54, 1.807) is 0 Å². The molecule has 0 aromatic heterocycles. The van der Waals surface area contributed by atoms with Gasteiger partial charge in [0.25, 0.3) is 0 Å². The summed E-state index contributed by atoms with van der Waals surface area (Å²) < 4.78 is 17.7. The molecule has 0 saturated carbocycles. The molecular weight excluding hydrogens is 364 g/mol. The lowest BCUT2D eigenvalue weighted by molar-refractivity contribution is -0.141. The summed E-state index contributed by atoms with van der Waals surface area (Å²) in [5.41, 5.74) is 2.43. The van der Waals surface area contributed by atoms with Gasteiger partial charge >= 0.3 is 0 Å². The largest absolute Gasteiger partial charge is 0.489 e. The van der Waals surface area contributed by atoms with Gasteiger partial charge in [-0.2, -0.15) is 0 Å². The highest BCUT2D eigenvalue weighted by atomic mass is 16.7. The smallest absolute Gasteiger partial charge is 0.159 e. The van der Waals surface area contributed by atoms with Gasteiger partial charge in [-0.3, -0.25) is 0 Å². The van der Waals surface area contributed by atoms with Crippen molar-refractivity contribution in [3.63, 3.8) is 0 Å². The number of hydrogen-bond acceptors (Lipinski definition) is 5. The van der Waals surface area contributed by atoms with Gasteiger partial charge < -0.3 is 24.4 Å². The molecule has 2 aromatic carbocycles. The summed E-state index contributed by atoms with van der Waals surface area (Å²) in [6.45, 7) is 9.93. The number of nitrogens with zero attached hydrogens (tertiary/aromatic N) is 1. The molecule has 0 radical (unpaired) electrons. The maximum absolute atomic E-state index is 6.08. The van der Waals surface area contributed by atoms with Gasteiger partial charge in [-0.25, -0.2) is 0 Å². The molecule has 2 aromatic rings. The second-order valence-corrected chi connectivity index (χ2v) is 7.38. The van der Waals surface area contributed by atoms with E-state index in [1.165, 1.54) is 5.56 Å². The summed E-state index contributed by atoms with van der Waals surface area (Å²) in [6, 6.07) is 19.3. The fourth-order valence-corrected chi connectivity index (χ4v) is 3.94. The van der Waals surface area contributed by atoms with Crippen molar-refractivity contribution >= 4 is 5.69 Å². The molecule has 1 N–H and O–H groups in total. The first-order chi connectivity index (χ1) is 14.2. The van der Waals surface area contributed by atoms with Gasteiger partial charge in [0.15, 0.2) is 6.29 Å².